The standard InChI is InChI=1S/C6H6N2S2/c1-6(2-8-5-9)3-10-4-7/h1-3H2. The number of isothiocyanates is 1. The summed E-state index contributed by atoms with van der Waals surface area (Å²) in [5.41, 5.74) is 0.893. The molecular formula is C6H6N2S2. The Kier molecular flexibility index (Phi) is 6.10. The van der Waals surface area contributed by atoms with E-state index < -0.39 is 0 Å². The molecule has 10 heavy (non-hydrogen) atoms. The second-order valence-corrected chi connectivity index (χ2v) is 2.48. The first-order valence-corrected chi connectivity index (χ1v) is 3.91. The highest BCUT2D eigenvalue weighted by atomic mass is 32.2. The summed E-state index contributed by atoms with van der Waals surface area (Å²) in [6.45, 7) is 4.16. The van der Waals surface area contributed by atoms with Gasteiger partial charge in [0.1, 0.15) is 5.40 Å². The van der Waals surface area contributed by atoms with Crippen LogP contribution in [0.5, 0.6) is 0 Å². The van der Waals surface area contributed by atoms with Crippen LogP contribution < -0.4 is 0 Å². The van der Waals surface area contributed by atoms with Crippen LogP contribution in [0, 0.1) is 10.7 Å². The van der Waals surface area contributed by atoms with Crippen LogP contribution in [0.3, 0.4) is 0 Å². The fourth-order valence-electron chi connectivity index (χ4n) is 0.324. The molecule has 0 unspecified atom stereocenters. The van der Waals surface area contributed by atoms with Gasteiger partial charge in [-0.25, -0.2) is 4.99 Å². The van der Waals surface area contributed by atoms with Crippen molar-refractivity contribution in [1.29, 1.82) is 5.26 Å². The zero-order valence-corrected chi connectivity index (χ0v) is 6.97. The quantitative estimate of drug-likeness (QED) is 0.279. The van der Waals surface area contributed by atoms with E-state index in [2.05, 4.69) is 29.0 Å². The molecule has 0 aliphatic carbocycles. The largest absolute Gasteiger partial charge is 0.228 e. The molecule has 0 rings (SSSR count). The van der Waals surface area contributed by atoms with Gasteiger partial charge in [0.05, 0.1) is 11.7 Å². The maximum absolute atomic E-state index is 8.15. The number of hydrogen-bond acceptors (Lipinski definition) is 4. The van der Waals surface area contributed by atoms with Crippen LogP contribution in [0.25, 0.3) is 0 Å². The Morgan fingerprint density at radius 2 is 2.50 bits per heavy atom. The molecule has 0 aromatic carbocycles. The van der Waals surface area contributed by atoms with Crippen LogP contribution in [0.2, 0.25) is 0 Å². The topological polar surface area (TPSA) is 36.1 Å². The molecule has 0 bridgehead atoms. The number of thiocyanates is 1. The first-order valence-electron chi connectivity index (χ1n) is 2.52. The number of rotatable bonds is 4. The Labute approximate surface area is 69.6 Å². The Balaban J connectivity index is 3.46. The van der Waals surface area contributed by atoms with E-state index in [4.69, 9.17) is 5.26 Å². The lowest BCUT2D eigenvalue weighted by Gasteiger charge is -1.92. The summed E-state index contributed by atoms with van der Waals surface area (Å²) in [5.74, 6) is 0.622. The Hall–Kier alpha value is -0.620. The first kappa shape index (κ1) is 9.38. The number of thioether (sulfide) groups is 1. The van der Waals surface area contributed by atoms with E-state index in [1.54, 1.807) is 0 Å². The molecule has 0 aliphatic heterocycles. The van der Waals surface area contributed by atoms with Crippen molar-refractivity contribution in [3.8, 4) is 5.40 Å². The molecule has 0 radical (unpaired) electrons. The molecule has 52 valence electrons. The number of thiocarbonyl (C=S) groups is 1. The number of nitriles is 1. The van der Waals surface area contributed by atoms with Gasteiger partial charge >= 0.3 is 0 Å². The van der Waals surface area contributed by atoms with Crippen LogP contribution in [0.1, 0.15) is 0 Å². The number of nitrogens with zero attached hydrogens (tertiary/aromatic N) is 2. The monoisotopic (exact) mass is 170 g/mol. The number of hydrogen-bond donors (Lipinski definition) is 0. The molecule has 0 aromatic heterocycles. The lowest BCUT2D eigenvalue weighted by Crippen LogP contribution is -1.88. The summed E-state index contributed by atoms with van der Waals surface area (Å²) in [7, 11) is 0. The van der Waals surface area contributed by atoms with Crippen LogP contribution in [-0.2, 0) is 0 Å². The summed E-state index contributed by atoms with van der Waals surface area (Å²) < 4.78 is 0. The van der Waals surface area contributed by atoms with Crippen molar-refractivity contribution < 1.29 is 0 Å². The van der Waals surface area contributed by atoms with E-state index in [0.29, 0.717) is 12.3 Å². The molecule has 0 saturated heterocycles. The van der Waals surface area contributed by atoms with Gasteiger partial charge in [0.15, 0.2) is 0 Å². The molecule has 0 atom stereocenters. The SMILES string of the molecule is C=C(CN=C=S)CSC#N. The third kappa shape index (κ3) is 5.52. The minimum absolute atomic E-state index is 0.484. The van der Waals surface area contributed by atoms with Crippen molar-refractivity contribution in [2.24, 2.45) is 4.99 Å². The summed E-state index contributed by atoms with van der Waals surface area (Å²) in [4.78, 5) is 3.67. The van der Waals surface area contributed by atoms with Crippen LogP contribution in [0.4, 0.5) is 0 Å². The van der Waals surface area contributed by atoms with Crippen molar-refractivity contribution in [2.45, 2.75) is 0 Å². The summed E-state index contributed by atoms with van der Waals surface area (Å²) in [5, 5.41) is 12.3. The fraction of sp³-hybridized carbons (Fsp3) is 0.333. The van der Waals surface area contributed by atoms with E-state index in [0.717, 1.165) is 17.3 Å². The maximum Gasteiger partial charge on any atom is 0.133 e. The zero-order valence-electron chi connectivity index (χ0n) is 5.33. The second-order valence-electron chi connectivity index (χ2n) is 1.54. The smallest absolute Gasteiger partial charge is 0.133 e. The highest BCUT2D eigenvalue weighted by Crippen LogP contribution is 2.03. The average molecular weight is 170 g/mol. The van der Waals surface area contributed by atoms with Crippen molar-refractivity contribution in [1.82, 2.24) is 0 Å². The predicted molar refractivity (Wildman–Crippen MR) is 47.1 cm³/mol. The van der Waals surface area contributed by atoms with E-state index in [1.807, 2.05) is 5.40 Å². The minimum atomic E-state index is 0.484. The van der Waals surface area contributed by atoms with Gasteiger partial charge in [-0.05, 0) is 29.6 Å². The lowest BCUT2D eigenvalue weighted by atomic mass is 10.4. The highest BCUT2D eigenvalue weighted by Gasteiger charge is 1.90. The molecule has 0 aliphatic rings. The van der Waals surface area contributed by atoms with E-state index in [-0.39, 0.29) is 0 Å². The average Bonchev–Trinajstić information content (AvgIpc) is 1.97. The molecule has 0 fully saturated rings. The van der Waals surface area contributed by atoms with E-state index in [9.17, 15) is 0 Å². The molecule has 0 heterocycles. The molecule has 0 saturated carbocycles. The predicted octanol–water partition coefficient (Wildman–Crippen LogP) is 1.86. The van der Waals surface area contributed by atoms with Gasteiger partial charge in [-0.3, -0.25) is 0 Å². The van der Waals surface area contributed by atoms with Gasteiger partial charge in [-0.15, -0.1) is 0 Å². The first-order chi connectivity index (χ1) is 4.81. The highest BCUT2D eigenvalue weighted by molar-refractivity contribution is 8.03. The van der Waals surface area contributed by atoms with Crippen LogP contribution >= 0.6 is 24.0 Å². The third-order valence-electron chi connectivity index (χ3n) is 0.708. The van der Waals surface area contributed by atoms with Gasteiger partial charge in [-0.2, -0.15) is 5.26 Å². The van der Waals surface area contributed by atoms with Crippen LogP contribution in [0.15, 0.2) is 17.1 Å². The summed E-state index contributed by atoms with van der Waals surface area (Å²) in [6, 6.07) is 0. The Bertz CT molecular complexity index is 198. The van der Waals surface area contributed by atoms with Gasteiger partial charge < -0.3 is 0 Å². The molecule has 2 nitrogen and oxygen atoms in total. The molecular weight excluding hydrogens is 164 g/mol. The second kappa shape index (κ2) is 6.50. The lowest BCUT2D eigenvalue weighted by molar-refractivity contribution is 1.17. The molecule has 0 N–H and O–H groups in total. The molecule has 0 aromatic rings. The fourth-order valence-corrected chi connectivity index (χ4v) is 0.749. The Morgan fingerprint density at radius 3 is 3.00 bits per heavy atom. The summed E-state index contributed by atoms with van der Waals surface area (Å²) in [6.07, 6.45) is 0. The Morgan fingerprint density at radius 1 is 1.80 bits per heavy atom. The van der Waals surface area contributed by atoms with Crippen molar-refractivity contribution in [3.63, 3.8) is 0 Å². The maximum atomic E-state index is 8.15. The zero-order chi connectivity index (χ0) is 7.82. The van der Waals surface area contributed by atoms with Gasteiger partial charge in [-0.1, -0.05) is 6.58 Å². The minimum Gasteiger partial charge on any atom is -0.228 e. The van der Waals surface area contributed by atoms with Gasteiger partial charge in [0.2, 0.25) is 0 Å². The molecule has 0 spiro atoms. The summed E-state index contributed by atoms with van der Waals surface area (Å²) >= 11 is 5.50. The molecule has 0 amide bonds. The number of aliphatic imine (C=N–C) groups is 1. The normalized spacial score (nSPS) is 7.50. The van der Waals surface area contributed by atoms with Crippen LogP contribution in [-0.4, -0.2) is 17.5 Å². The van der Waals surface area contributed by atoms with Gasteiger partial charge in [0.25, 0.3) is 0 Å². The third-order valence-corrected chi connectivity index (χ3v) is 1.52. The van der Waals surface area contributed by atoms with E-state index >= 15 is 0 Å². The van der Waals surface area contributed by atoms with Crippen molar-refractivity contribution in [2.75, 3.05) is 12.3 Å². The van der Waals surface area contributed by atoms with E-state index in [1.165, 1.54) is 0 Å². The van der Waals surface area contributed by atoms with Crippen molar-refractivity contribution >= 4 is 29.1 Å². The van der Waals surface area contributed by atoms with Gasteiger partial charge in [0, 0.05) is 5.75 Å². The molecule has 4 heteroatoms. The van der Waals surface area contributed by atoms with Crippen molar-refractivity contribution in [3.05, 3.63) is 12.2 Å².